The molecule has 0 fully saturated rings. The quantitative estimate of drug-likeness (QED) is 0.373. The van der Waals surface area contributed by atoms with Gasteiger partial charge in [-0.15, -0.1) is 0 Å². The van der Waals surface area contributed by atoms with Crippen LogP contribution in [-0.2, 0) is 20.2 Å². The van der Waals surface area contributed by atoms with Crippen molar-refractivity contribution in [1.29, 1.82) is 0 Å². The molecule has 0 bridgehead atoms. The summed E-state index contributed by atoms with van der Waals surface area (Å²) in [4.78, 5) is 0. The summed E-state index contributed by atoms with van der Waals surface area (Å²) in [5, 5.41) is 0. The minimum Gasteiger partial charge on any atom is -0.286 e. The predicted molar refractivity (Wildman–Crippen MR) is 105 cm³/mol. The topological polar surface area (TPSA) is 109 Å². The molecule has 25 heavy (non-hydrogen) atoms. The van der Waals surface area contributed by atoms with Gasteiger partial charge in [0.25, 0.3) is 20.2 Å². The molecule has 0 aliphatic heterocycles. The van der Waals surface area contributed by atoms with Crippen LogP contribution in [0.3, 0.4) is 0 Å². The average Bonchev–Trinajstić information content (AvgIpc) is 2.46. The summed E-state index contributed by atoms with van der Waals surface area (Å²) >= 11 is 0. The van der Waals surface area contributed by atoms with Gasteiger partial charge in [0.15, 0.2) is 0 Å². The zero-order valence-corrected chi connectivity index (χ0v) is 20.2. The van der Waals surface area contributed by atoms with Gasteiger partial charge in [0.1, 0.15) is 0 Å². The van der Waals surface area contributed by atoms with E-state index in [-0.39, 0.29) is 52.9 Å². The van der Waals surface area contributed by atoms with Crippen molar-refractivity contribution in [2.45, 2.75) is 79.1 Å². The molecule has 149 valence electrons. The molecule has 0 aromatic rings. The fourth-order valence-corrected chi connectivity index (χ4v) is 4.39. The van der Waals surface area contributed by atoms with Crippen LogP contribution in [0.4, 0.5) is 0 Å². The van der Waals surface area contributed by atoms with Crippen molar-refractivity contribution in [3.05, 3.63) is 0 Å². The van der Waals surface area contributed by atoms with E-state index in [0.717, 1.165) is 51.4 Å². The Hall–Kier alpha value is 0.820. The Morgan fingerprint density at radius 1 is 0.680 bits per heavy atom. The predicted octanol–water partition coefficient (Wildman–Crippen LogP) is 3.80. The average molecular weight is 412 g/mol. The minimum atomic E-state index is -3.77. The van der Waals surface area contributed by atoms with Crippen LogP contribution in [-0.4, -0.2) is 67.0 Å². The molecule has 0 aliphatic rings. The Kier molecular flexibility index (Phi) is 20.7. The van der Waals surface area contributed by atoms with Crippen molar-refractivity contribution < 1.29 is 25.9 Å². The first-order valence-corrected chi connectivity index (χ1v) is 12.1. The van der Waals surface area contributed by atoms with E-state index in [2.05, 4.69) is 13.8 Å². The summed E-state index contributed by atoms with van der Waals surface area (Å²) in [5.74, 6) is 0.0902. The van der Waals surface area contributed by atoms with Gasteiger partial charge in [0, 0.05) is 29.6 Å². The van der Waals surface area contributed by atoms with Crippen LogP contribution in [0.1, 0.15) is 79.1 Å². The van der Waals surface area contributed by atoms with Crippen LogP contribution < -0.4 is 0 Å². The molecule has 0 aliphatic carbocycles. The van der Waals surface area contributed by atoms with Gasteiger partial charge in [-0.25, -0.2) is 0 Å². The van der Waals surface area contributed by atoms with Gasteiger partial charge < -0.3 is 0 Å². The second kappa shape index (κ2) is 17.0. The van der Waals surface area contributed by atoms with Gasteiger partial charge in [0.05, 0.1) is 11.5 Å². The fraction of sp³-hybridized carbons (Fsp3) is 1.00. The van der Waals surface area contributed by atoms with E-state index in [0.29, 0.717) is 0 Å². The molecule has 0 aromatic heterocycles. The molecule has 2 N–H and O–H groups in total. The van der Waals surface area contributed by atoms with Crippen molar-refractivity contribution in [2.75, 3.05) is 11.5 Å². The molecule has 0 spiro atoms. The van der Waals surface area contributed by atoms with Crippen LogP contribution >= 0.6 is 0 Å². The minimum absolute atomic E-state index is 0. The van der Waals surface area contributed by atoms with Gasteiger partial charge >= 0.3 is 0 Å². The van der Waals surface area contributed by atoms with Crippen LogP contribution in [0, 0.1) is 11.8 Å². The maximum atomic E-state index is 10.5. The van der Waals surface area contributed by atoms with Gasteiger partial charge in [-0.1, -0.05) is 66.2 Å². The molecule has 6 nitrogen and oxygen atoms in total. The van der Waals surface area contributed by atoms with Gasteiger partial charge in [0.2, 0.25) is 0 Å². The molecule has 2 unspecified atom stereocenters. The van der Waals surface area contributed by atoms with Crippen LogP contribution in [0.25, 0.3) is 0 Å². The maximum absolute atomic E-state index is 10.5. The Labute approximate surface area is 177 Å². The van der Waals surface area contributed by atoms with Crippen LogP contribution in [0.2, 0.25) is 0 Å². The third-order valence-corrected chi connectivity index (χ3v) is 5.76. The van der Waals surface area contributed by atoms with E-state index in [1.807, 2.05) is 13.8 Å². The summed E-state index contributed by atoms with van der Waals surface area (Å²) in [5.41, 5.74) is 0. The van der Waals surface area contributed by atoms with Gasteiger partial charge in [-0.3, -0.25) is 9.11 Å². The maximum Gasteiger partial charge on any atom is 0.265 e. The molecular formula is C16H36NaO6S2. The SMILES string of the molecule is CCCCC(CC)CS(=O)(=O)O.CCCCC(CC)CS(=O)(=O)O.[Na]. The zero-order valence-electron chi connectivity index (χ0n) is 16.6. The monoisotopic (exact) mass is 411 g/mol. The zero-order chi connectivity index (χ0) is 19.2. The second-order valence-electron chi connectivity index (χ2n) is 6.33. The van der Waals surface area contributed by atoms with Crippen molar-refractivity contribution >= 4 is 49.8 Å². The number of hydrogen-bond acceptors (Lipinski definition) is 4. The van der Waals surface area contributed by atoms with Crippen LogP contribution in [0.15, 0.2) is 0 Å². The number of unbranched alkanes of at least 4 members (excludes halogenated alkanes) is 2. The van der Waals surface area contributed by atoms with Gasteiger partial charge in [-0.2, -0.15) is 16.8 Å². The molecular weight excluding hydrogens is 375 g/mol. The van der Waals surface area contributed by atoms with E-state index in [1.165, 1.54) is 0 Å². The molecule has 2 atom stereocenters. The molecule has 0 saturated heterocycles. The number of rotatable bonds is 12. The molecule has 1 radical (unpaired) electrons. The smallest absolute Gasteiger partial charge is 0.265 e. The summed E-state index contributed by atoms with van der Waals surface area (Å²) in [6.45, 7) is 8.04. The molecule has 9 heteroatoms. The standard InChI is InChI=1S/2C8H18O3S.Na/c2*1-3-5-6-8(4-2)7-12(9,10)11;/h2*8H,3-7H2,1-2H3,(H,9,10,11);. The van der Waals surface area contributed by atoms with Crippen molar-refractivity contribution in [3.63, 3.8) is 0 Å². The van der Waals surface area contributed by atoms with Crippen molar-refractivity contribution in [1.82, 2.24) is 0 Å². The van der Waals surface area contributed by atoms with Crippen molar-refractivity contribution in [3.8, 4) is 0 Å². The van der Waals surface area contributed by atoms with E-state index in [9.17, 15) is 16.8 Å². The third-order valence-electron chi connectivity index (χ3n) is 3.98. The van der Waals surface area contributed by atoms with Crippen molar-refractivity contribution in [2.24, 2.45) is 11.8 Å². The molecule has 0 heterocycles. The Bertz CT molecular complexity index is 445. The number of hydrogen-bond donors (Lipinski definition) is 2. The summed E-state index contributed by atoms with van der Waals surface area (Å²) in [6, 6.07) is 0. The molecule has 0 aromatic carbocycles. The first kappa shape index (κ1) is 30.5. The normalized spacial score (nSPS) is 14.0. The fourth-order valence-electron chi connectivity index (χ4n) is 2.39. The summed E-state index contributed by atoms with van der Waals surface area (Å²) in [7, 11) is -7.53. The van der Waals surface area contributed by atoms with E-state index < -0.39 is 20.2 Å². The largest absolute Gasteiger partial charge is 0.286 e. The summed E-state index contributed by atoms with van der Waals surface area (Å²) in [6.07, 6.45) is 7.64. The van der Waals surface area contributed by atoms with E-state index >= 15 is 0 Å². The Balaban J connectivity index is -0.000000372. The third kappa shape index (κ3) is 24.8. The molecule has 0 amide bonds. The van der Waals surface area contributed by atoms with Gasteiger partial charge in [-0.05, 0) is 24.7 Å². The van der Waals surface area contributed by atoms with Crippen LogP contribution in [0.5, 0.6) is 0 Å². The molecule has 0 rings (SSSR count). The second-order valence-corrected chi connectivity index (χ2v) is 9.32. The first-order valence-electron chi connectivity index (χ1n) is 8.89. The molecule has 0 saturated carbocycles. The Morgan fingerprint density at radius 2 is 0.960 bits per heavy atom. The Morgan fingerprint density at radius 3 is 1.12 bits per heavy atom. The first-order chi connectivity index (χ1) is 11.0. The summed E-state index contributed by atoms with van der Waals surface area (Å²) < 4.78 is 59.3. The van der Waals surface area contributed by atoms with E-state index in [4.69, 9.17) is 9.11 Å². The van der Waals surface area contributed by atoms with E-state index in [1.54, 1.807) is 0 Å².